The van der Waals surface area contributed by atoms with Crippen LogP contribution in [-0.2, 0) is 13.6 Å². The van der Waals surface area contributed by atoms with Crippen LogP contribution in [0.1, 0.15) is 29.0 Å². The lowest BCUT2D eigenvalue weighted by Gasteiger charge is -2.18. The number of hydrogen-bond donors (Lipinski definition) is 1. The Morgan fingerprint density at radius 3 is 2.65 bits per heavy atom. The number of amides is 3. The van der Waals surface area contributed by atoms with Crippen LogP contribution in [0.5, 0.6) is 0 Å². The second-order valence-electron chi connectivity index (χ2n) is 7.70. The molecule has 2 aromatic carbocycles. The van der Waals surface area contributed by atoms with Gasteiger partial charge >= 0.3 is 6.03 Å². The average Bonchev–Trinajstić information content (AvgIpc) is 3.38. The summed E-state index contributed by atoms with van der Waals surface area (Å²) in [6.45, 7) is 1.82. The fourth-order valence-corrected chi connectivity index (χ4v) is 4.05. The van der Waals surface area contributed by atoms with Gasteiger partial charge in [0.05, 0.1) is 23.3 Å². The maximum atomic E-state index is 14.0. The van der Waals surface area contributed by atoms with Crippen LogP contribution in [0, 0.1) is 5.82 Å². The number of hydrogen-bond acceptors (Lipinski definition) is 3. The molecule has 31 heavy (non-hydrogen) atoms. The molecule has 4 rings (SSSR count). The molecule has 1 N–H and O–H groups in total. The Morgan fingerprint density at radius 2 is 1.94 bits per heavy atom. The summed E-state index contributed by atoms with van der Waals surface area (Å²) in [4.78, 5) is 33.1. The van der Waals surface area contributed by atoms with Gasteiger partial charge in [-0.05, 0) is 49.2 Å². The van der Waals surface area contributed by atoms with Crippen molar-refractivity contribution in [1.82, 2.24) is 19.4 Å². The van der Waals surface area contributed by atoms with Gasteiger partial charge in [0.15, 0.2) is 0 Å². The summed E-state index contributed by atoms with van der Waals surface area (Å²) in [7, 11) is 3.49. The Bertz CT molecular complexity index is 1160. The molecule has 3 aromatic rings. The molecule has 1 aliphatic rings. The van der Waals surface area contributed by atoms with E-state index in [2.05, 4.69) is 26.2 Å². The minimum Gasteiger partial charge on any atom is -0.339 e. The van der Waals surface area contributed by atoms with Crippen LogP contribution >= 0.6 is 15.9 Å². The highest BCUT2D eigenvalue weighted by molar-refractivity contribution is 9.10. The third-order valence-corrected chi connectivity index (χ3v) is 6.00. The van der Waals surface area contributed by atoms with Gasteiger partial charge in [0.1, 0.15) is 11.6 Å². The summed E-state index contributed by atoms with van der Waals surface area (Å²) >= 11 is 3.20. The highest BCUT2D eigenvalue weighted by atomic mass is 79.9. The van der Waals surface area contributed by atoms with E-state index < -0.39 is 11.8 Å². The van der Waals surface area contributed by atoms with Crippen molar-refractivity contribution < 1.29 is 14.0 Å². The number of carbonyl (C=O) groups is 2. The van der Waals surface area contributed by atoms with E-state index in [9.17, 15) is 14.0 Å². The van der Waals surface area contributed by atoms with Gasteiger partial charge in [-0.1, -0.05) is 15.9 Å². The summed E-state index contributed by atoms with van der Waals surface area (Å²) in [5, 5.41) is 2.57. The van der Waals surface area contributed by atoms with E-state index in [0.717, 1.165) is 31.4 Å². The van der Waals surface area contributed by atoms with Crippen molar-refractivity contribution in [3.05, 3.63) is 58.1 Å². The fraction of sp³-hybridized carbons (Fsp3) is 0.318. The number of aryl methyl sites for hydroxylation is 1. The summed E-state index contributed by atoms with van der Waals surface area (Å²) in [6.07, 6.45) is 2.08. The van der Waals surface area contributed by atoms with Gasteiger partial charge in [-0.3, -0.25) is 4.79 Å². The Hall–Kier alpha value is -2.94. The summed E-state index contributed by atoms with van der Waals surface area (Å²) in [5.41, 5.74) is 2.31. The van der Waals surface area contributed by atoms with Gasteiger partial charge in [0.25, 0.3) is 5.91 Å². The molecular weight excluding hydrogens is 465 g/mol. The van der Waals surface area contributed by atoms with Crippen LogP contribution in [0.15, 0.2) is 40.9 Å². The number of fused-ring (bicyclic) bond motifs is 1. The van der Waals surface area contributed by atoms with Crippen LogP contribution in [0.25, 0.3) is 11.0 Å². The first kappa shape index (κ1) is 21.3. The number of imidazole rings is 1. The molecule has 0 atom stereocenters. The minimum atomic E-state index is -0.519. The maximum Gasteiger partial charge on any atom is 0.322 e. The number of urea groups is 1. The van der Waals surface area contributed by atoms with Gasteiger partial charge in [-0.15, -0.1) is 0 Å². The predicted octanol–water partition coefficient (Wildman–Crippen LogP) is 4.37. The van der Waals surface area contributed by atoms with Crippen LogP contribution < -0.4 is 5.32 Å². The van der Waals surface area contributed by atoms with E-state index in [1.54, 1.807) is 19.2 Å². The Balaban J connectivity index is 1.50. The highest BCUT2D eigenvalue weighted by Crippen LogP contribution is 2.22. The second-order valence-corrected chi connectivity index (χ2v) is 8.62. The van der Waals surface area contributed by atoms with E-state index >= 15 is 0 Å². The lowest BCUT2D eigenvalue weighted by molar-refractivity contribution is 0.0793. The van der Waals surface area contributed by atoms with Crippen molar-refractivity contribution in [1.29, 1.82) is 0 Å². The zero-order chi connectivity index (χ0) is 22.1. The minimum absolute atomic E-state index is 0.0274. The number of nitrogens with one attached hydrogen (secondary N) is 1. The lowest BCUT2D eigenvalue weighted by Crippen LogP contribution is -2.32. The molecule has 7 nitrogen and oxygen atoms in total. The molecule has 0 unspecified atom stereocenters. The number of anilines is 1. The van der Waals surface area contributed by atoms with Crippen LogP contribution in [0.2, 0.25) is 0 Å². The van der Waals surface area contributed by atoms with Crippen molar-refractivity contribution in [3.8, 4) is 0 Å². The molecule has 1 aliphatic heterocycles. The third-order valence-electron chi connectivity index (χ3n) is 5.51. The summed E-state index contributed by atoms with van der Waals surface area (Å²) in [5.74, 6) is 0.170. The number of aromatic nitrogens is 2. The van der Waals surface area contributed by atoms with Crippen LogP contribution in [0.3, 0.4) is 0 Å². The van der Waals surface area contributed by atoms with E-state index in [1.165, 1.54) is 17.0 Å². The molecule has 9 heteroatoms. The smallest absolute Gasteiger partial charge is 0.322 e. The molecular formula is C22H23BrFN5O2. The van der Waals surface area contributed by atoms with Gasteiger partial charge in [-0.2, -0.15) is 0 Å². The highest BCUT2D eigenvalue weighted by Gasteiger charge is 2.21. The second kappa shape index (κ2) is 8.66. The van der Waals surface area contributed by atoms with Crippen molar-refractivity contribution in [3.63, 3.8) is 0 Å². The fourth-order valence-electron chi connectivity index (χ4n) is 3.71. The monoisotopic (exact) mass is 487 g/mol. The van der Waals surface area contributed by atoms with Gasteiger partial charge < -0.3 is 19.7 Å². The molecule has 0 saturated carbocycles. The van der Waals surface area contributed by atoms with Crippen molar-refractivity contribution in [2.45, 2.75) is 19.4 Å². The van der Waals surface area contributed by atoms with Crippen LogP contribution in [0.4, 0.5) is 14.9 Å². The first-order chi connectivity index (χ1) is 14.8. The number of nitrogens with zero attached hydrogens (tertiary/aromatic N) is 4. The first-order valence-corrected chi connectivity index (χ1v) is 10.8. The van der Waals surface area contributed by atoms with Crippen molar-refractivity contribution in [2.24, 2.45) is 7.05 Å². The predicted molar refractivity (Wildman–Crippen MR) is 120 cm³/mol. The number of rotatable bonds is 4. The molecule has 1 fully saturated rings. The van der Waals surface area contributed by atoms with E-state index in [0.29, 0.717) is 21.4 Å². The Labute approximate surface area is 188 Å². The zero-order valence-electron chi connectivity index (χ0n) is 17.4. The molecule has 0 spiro atoms. The molecule has 0 radical (unpaired) electrons. The van der Waals surface area contributed by atoms with Crippen molar-refractivity contribution >= 4 is 44.6 Å². The third kappa shape index (κ3) is 4.41. The number of halogens is 2. The molecule has 162 valence electrons. The normalized spacial score (nSPS) is 13.6. The van der Waals surface area contributed by atoms with Crippen molar-refractivity contribution in [2.75, 3.05) is 25.5 Å². The zero-order valence-corrected chi connectivity index (χ0v) is 18.9. The molecule has 1 aromatic heterocycles. The molecule has 0 bridgehead atoms. The number of likely N-dealkylation sites (tertiary alicyclic amines) is 1. The molecule has 2 heterocycles. The molecule has 1 saturated heterocycles. The summed E-state index contributed by atoms with van der Waals surface area (Å²) < 4.78 is 16.5. The standard InChI is InChI=1S/C22H23BrFN5O2/c1-27(22(31)26-17-7-6-15(23)12-16(17)24)13-20-25-18-11-14(5-8-19(18)28(20)2)21(30)29-9-3-4-10-29/h5-8,11-12H,3-4,9-10,13H2,1-2H3,(H,26,31). The maximum absolute atomic E-state index is 14.0. The SMILES string of the molecule is CN(Cc1nc2cc(C(=O)N3CCCC3)ccc2n1C)C(=O)Nc1ccc(Br)cc1F. The topological polar surface area (TPSA) is 70.5 Å². The number of carbonyl (C=O) groups excluding carboxylic acids is 2. The first-order valence-electron chi connectivity index (χ1n) is 10.1. The average molecular weight is 488 g/mol. The largest absolute Gasteiger partial charge is 0.339 e. The van der Waals surface area contributed by atoms with E-state index in [4.69, 9.17) is 0 Å². The Kier molecular flexibility index (Phi) is 5.95. The van der Waals surface area contributed by atoms with E-state index in [-0.39, 0.29) is 18.1 Å². The van der Waals surface area contributed by atoms with Gasteiger partial charge in [-0.25, -0.2) is 14.2 Å². The van der Waals surface area contributed by atoms with Gasteiger partial charge in [0.2, 0.25) is 0 Å². The lowest BCUT2D eigenvalue weighted by atomic mass is 10.2. The van der Waals surface area contributed by atoms with E-state index in [1.807, 2.05) is 28.6 Å². The van der Waals surface area contributed by atoms with Gasteiger partial charge in [0, 0.05) is 37.2 Å². The molecule has 3 amide bonds. The summed E-state index contributed by atoms with van der Waals surface area (Å²) in [6, 6.07) is 9.51. The Morgan fingerprint density at radius 1 is 1.19 bits per heavy atom. The quantitative estimate of drug-likeness (QED) is 0.593. The van der Waals surface area contributed by atoms with Crippen LogP contribution in [-0.4, -0.2) is 51.4 Å². The molecule has 0 aliphatic carbocycles. The number of benzene rings is 2.